The lowest BCUT2D eigenvalue weighted by molar-refractivity contribution is 0.591. The highest BCUT2D eigenvalue weighted by Gasteiger charge is 2.22. The highest BCUT2D eigenvalue weighted by molar-refractivity contribution is 6.52. The van der Waals surface area contributed by atoms with E-state index in [4.69, 9.17) is 17.0 Å². The number of anilines is 1. The Morgan fingerprint density at radius 2 is 1.91 bits per heavy atom. The summed E-state index contributed by atoms with van der Waals surface area (Å²) in [6.07, 6.45) is 4.82. The molecule has 2 N–H and O–H groups in total. The van der Waals surface area contributed by atoms with Crippen molar-refractivity contribution in [1.29, 1.82) is 5.41 Å². The first-order chi connectivity index (χ1) is 10.7. The second-order valence-electron chi connectivity index (χ2n) is 6.44. The van der Waals surface area contributed by atoms with Gasteiger partial charge in [0.15, 0.2) is 0 Å². The van der Waals surface area contributed by atoms with Gasteiger partial charge in [0.05, 0.1) is 11.4 Å². The molecular formula is C17H19ClN4O. The quantitative estimate of drug-likeness (QED) is 0.455. The van der Waals surface area contributed by atoms with Gasteiger partial charge in [-0.3, -0.25) is 10.8 Å². The number of aryl methyl sites for hydroxylation is 1. The average Bonchev–Trinajstić information content (AvgIpc) is 2.44. The lowest BCUT2D eigenvalue weighted by Crippen LogP contribution is -2.14. The summed E-state index contributed by atoms with van der Waals surface area (Å²) in [5, 5.41) is 15.7. The molecule has 23 heavy (non-hydrogen) atoms. The first-order valence-corrected chi connectivity index (χ1v) is 7.56. The summed E-state index contributed by atoms with van der Waals surface area (Å²) in [6, 6.07) is 3.77. The standard InChI is InChI=1S/C17H19ClN4O/c1-10-7-12(17(2,3)4)16(22-23)15(8-10)21-20-14-6-5-11(18)9-13(14)19/h5-9,19,21H,1-4H3/b19-13?,20-14-. The van der Waals surface area contributed by atoms with E-state index in [1.807, 2.05) is 39.8 Å². The fraction of sp³-hybridized carbons (Fsp3) is 0.294. The molecule has 0 bridgehead atoms. The molecule has 0 heterocycles. The highest BCUT2D eigenvalue weighted by atomic mass is 35.5. The van der Waals surface area contributed by atoms with Crippen LogP contribution in [0.1, 0.15) is 31.9 Å². The molecule has 1 aromatic carbocycles. The Morgan fingerprint density at radius 3 is 2.48 bits per heavy atom. The summed E-state index contributed by atoms with van der Waals surface area (Å²) in [5.74, 6) is 0. The van der Waals surface area contributed by atoms with Gasteiger partial charge in [-0.25, -0.2) is 0 Å². The molecule has 1 aliphatic carbocycles. The zero-order chi connectivity index (χ0) is 17.2. The highest BCUT2D eigenvalue weighted by Crippen LogP contribution is 2.38. The van der Waals surface area contributed by atoms with Crippen molar-refractivity contribution < 1.29 is 0 Å². The fourth-order valence-electron chi connectivity index (χ4n) is 2.26. The largest absolute Gasteiger partial charge is 0.299 e. The first-order valence-electron chi connectivity index (χ1n) is 7.19. The molecule has 0 aromatic heterocycles. The number of halogens is 1. The molecule has 0 saturated heterocycles. The Bertz CT molecular complexity index is 755. The van der Waals surface area contributed by atoms with Gasteiger partial charge >= 0.3 is 0 Å². The lowest BCUT2D eigenvalue weighted by atomic mass is 9.84. The third-order valence-electron chi connectivity index (χ3n) is 3.41. The zero-order valence-corrected chi connectivity index (χ0v) is 14.3. The van der Waals surface area contributed by atoms with Crippen molar-refractivity contribution in [3.63, 3.8) is 0 Å². The maximum Gasteiger partial charge on any atom is 0.136 e. The number of rotatable bonds is 3. The van der Waals surface area contributed by atoms with E-state index < -0.39 is 0 Å². The molecule has 2 rings (SSSR count). The zero-order valence-electron chi connectivity index (χ0n) is 13.6. The molecule has 0 spiro atoms. The van der Waals surface area contributed by atoms with Crippen molar-refractivity contribution in [2.75, 3.05) is 5.43 Å². The molecule has 5 nitrogen and oxygen atoms in total. The van der Waals surface area contributed by atoms with E-state index in [-0.39, 0.29) is 11.1 Å². The van der Waals surface area contributed by atoms with Gasteiger partial charge in [-0.1, -0.05) is 38.4 Å². The van der Waals surface area contributed by atoms with Crippen LogP contribution in [-0.2, 0) is 5.41 Å². The minimum atomic E-state index is -0.216. The summed E-state index contributed by atoms with van der Waals surface area (Å²) in [4.78, 5) is 11.3. The predicted molar refractivity (Wildman–Crippen MR) is 97.2 cm³/mol. The number of allylic oxidation sites excluding steroid dienone is 4. The summed E-state index contributed by atoms with van der Waals surface area (Å²) in [7, 11) is 0. The number of hydrogen-bond acceptors (Lipinski definition) is 5. The smallest absolute Gasteiger partial charge is 0.136 e. The Hall–Kier alpha value is -2.27. The maximum atomic E-state index is 11.3. The molecule has 0 aliphatic heterocycles. The van der Waals surface area contributed by atoms with Gasteiger partial charge in [0.1, 0.15) is 11.4 Å². The van der Waals surface area contributed by atoms with Crippen LogP contribution in [0.3, 0.4) is 0 Å². The Balaban J connectivity index is 2.41. The fourth-order valence-corrected chi connectivity index (χ4v) is 2.43. The van der Waals surface area contributed by atoms with Crippen molar-refractivity contribution >= 4 is 34.4 Å². The summed E-state index contributed by atoms with van der Waals surface area (Å²) >= 11 is 5.84. The molecular weight excluding hydrogens is 312 g/mol. The predicted octanol–water partition coefficient (Wildman–Crippen LogP) is 5.17. The molecule has 120 valence electrons. The third-order valence-corrected chi connectivity index (χ3v) is 3.64. The average molecular weight is 331 g/mol. The van der Waals surface area contributed by atoms with E-state index in [9.17, 15) is 4.91 Å². The monoisotopic (exact) mass is 330 g/mol. The second kappa shape index (κ2) is 6.46. The Kier molecular flexibility index (Phi) is 4.80. The maximum absolute atomic E-state index is 11.3. The van der Waals surface area contributed by atoms with Crippen LogP contribution in [-0.4, -0.2) is 11.4 Å². The minimum absolute atomic E-state index is 0.203. The van der Waals surface area contributed by atoms with Crippen molar-refractivity contribution in [1.82, 2.24) is 0 Å². The summed E-state index contributed by atoms with van der Waals surface area (Å²) in [5.41, 5.74) is 6.01. The van der Waals surface area contributed by atoms with Gasteiger partial charge in [-0.05, 0) is 52.9 Å². The van der Waals surface area contributed by atoms with E-state index in [2.05, 4.69) is 15.7 Å². The van der Waals surface area contributed by atoms with Crippen LogP contribution < -0.4 is 5.43 Å². The van der Waals surface area contributed by atoms with Gasteiger partial charge in [0.25, 0.3) is 0 Å². The Labute approximate surface area is 140 Å². The first kappa shape index (κ1) is 17.1. The van der Waals surface area contributed by atoms with Crippen molar-refractivity contribution in [3.8, 4) is 0 Å². The normalized spacial score (nSPS) is 16.5. The number of nitrogens with zero attached hydrogens (tertiary/aromatic N) is 2. The van der Waals surface area contributed by atoms with Crippen LogP contribution >= 0.6 is 11.6 Å². The number of hydrazone groups is 1. The van der Waals surface area contributed by atoms with Crippen LogP contribution in [0, 0.1) is 17.2 Å². The minimum Gasteiger partial charge on any atom is -0.299 e. The molecule has 0 atom stereocenters. The van der Waals surface area contributed by atoms with Crippen LogP contribution in [0.25, 0.3) is 0 Å². The summed E-state index contributed by atoms with van der Waals surface area (Å²) in [6.45, 7) is 8.03. The number of nitrogens with one attached hydrogen (secondary N) is 2. The van der Waals surface area contributed by atoms with Crippen molar-refractivity contribution in [2.24, 2.45) is 10.3 Å². The number of hydrogen-bond donors (Lipinski definition) is 2. The number of benzene rings is 1. The van der Waals surface area contributed by atoms with Crippen LogP contribution in [0.2, 0.25) is 0 Å². The Morgan fingerprint density at radius 1 is 1.22 bits per heavy atom. The molecule has 6 heteroatoms. The van der Waals surface area contributed by atoms with Gasteiger partial charge < -0.3 is 0 Å². The molecule has 1 aromatic rings. The molecule has 0 saturated carbocycles. The van der Waals surface area contributed by atoms with Gasteiger partial charge in [0, 0.05) is 5.03 Å². The second-order valence-corrected chi connectivity index (χ2v) is 6.87. The van der Waals surface area contributed by atoms with E-state index in [1.165, 1.54) is 6.08 Å². The van der Waals surface area contributed by atoms with Gasteiger partial charge in [0.2, 0.25) is 0 Å². The molecule has 0 unspecified atom stereocenters. The molecule has 0 fully saturated rings. The van der Waals surface area contributed by atoms with Crippen LogP contribution in [0.4, 0.5) is 11.4 Å². The molecule has 0 radical (unpaired) electrons. The molecule has 1 aliphatic rings. The van der Waals surface area contributed by atoms with Crippen molar-refractivity contribution in [2.45, 2.75) is 33.1 Å². The lowest BCUT2D eigenvalue weighted by Gasteiger charge is -2.22. The van der Waals surface area contributed by atoms with Gasteiger partial charge in [-0.2, -0.15) is 5.10 Å². The van der Waals surface area contributed by atoms with E-state index >= 15 is 0 Å². The van der Waals surface area contributed by atoms with Crippen molar-refractivity contribution in [3.05, 3.63) is 51.4 Å². The van der Waals surface area contributed by atoms with E-state index in [0.717, 1.165) is 11.1 Å². The summed E-state index contributed by atoms with van der Waals surface area (Å²) < 4.78 is 0. The van der Waals surface area contributed by atoms with E-state index in [0.29, 0.717) is 22.1 Å². The third kappa shape index (κ3) is 3.93. The van der Waals surface area contributed by atoms with Gasteiger partial charge in [-0.15, -0.1) is 4.91 Å². The number of nitroso groups, excluding NO2 is 1. The SMILES string of the molecule is Cc1cc(N/N=C2/C=CC(Cl)=CC2=N)c(N=O)c(C(C)(C)C)c1. The van der Waals surface area contributed by atoms with Crippen LogP contribution in [0.15, 0.2) is 45.7 Å². The van der Waals surface area contributed by atoms with E-state index in [1.54, 1.807) is 12.2 Å². The topological polar surface area (TPSA) is 77.7 Å². The van der Waals surface area contributed by atoms with Crippen LogP contribution in [0.5, 0.6) is 0 Å². The molecule has 0 amide bonds.